The highest BCUT2D eigenvalue weighted by Gasteiger charge is 1.93. The van der Waals surface area contributed by atoms with Gasteiger partial charge in [0, 0.05) is 24.5 Å². The van der Waals surface area contributed by atoms with E-state index in [0.717, 1.165) is 29.7 Å². The number of hydrogen-bond acceptors (Lipinski definition) is 4. The van der Waals surface area contributed by atoms with E-state index < -0.39 is 10.0 Å². The number of anilines is 2. The largest absolute Gasteiger partial charge is 0.399 e. The highest BCUT2D eigenvalue weighted by atomic mass is 32.2. The maximum absolute atomic E-state index is 10.1. The van der Waals surface area contributed by atoms with Crippen LogP contribution in [0.2, 0.25) is 0 Å². The van der Waals surface area contributed by atoms with Crippen LogP contribution in [0, 0.1) is 6.92 Å². The van der Waals surface area contributed by atoms with Gasteiger partial charge in [0.15, 0.2) is 0 Å². The summed E-state index contributed by atoms with van der Waals surface area (Å²) in [7, 11) is -2.92. The second-order valence-electron chi connectivity index (χ2n) is 3.87. The minimum absolute atomic E-state index is 0.471. The first kappa shape index (κ1) is 16.7. The molecule has 6 heteroatoms. The summed E-state index contributed by atoms with van der Waals surface area (Å²) in [4.78, 5) is 0. The third kappa shape index (κ3) is 7.92. The average Bonchev–Trinajstić information content (AvgIpc) is 2.23. The Hall–Kier alpha value is -1.27. The van der Waals surface area contributed by atoms with Crippen molar-refractivity contribution in [1.29, 1.82) is 0 Å². The molecule has 5 nitrogen and oxygen atoms in total. The minimum atomic E-state index is -2.92. The molecule has 1 aromatic rings. The molecule has 104 valence electrons. The summed E-state index contributed by atoms with van der Waals surface area (Å²) < 4.78 is 22.5. The normalized spacial score (nSPS) is 10.4. The Morgan fingerprint density at radius 1 is 1.22 bits per heavy atom. The molecule has 0 saturated carbocycles. The third-order valence-corrected chi connectivity index (χ3v) is 2.87. The molecule has 0 unspecified atom stereocenters. The van der Waals surface area contributed by atoms with Crippen molar-refractivity contribution in [2.45, 2.75) is 20.8 Å². The first-order chi connectivity index (χ1) is 8.30. The van der Waals surface area contributed by atoms with Crippen molar-refractivity contribution >= 4 is 21.4 Å². The molecule has 0 heterocycles. The van der Waals surface area contributed by atoms with Crippen LogP contribution in [-0.4, -0.2) is 27.8 Å². The maximum atomic E-state index is 10.1. The topological polar surface area (TPSA) is 84.2 Å². The van der Waals surface area contributed by atoms with Gasteiger partial charge in [-0.25, -0.2) is 13.1 Å². The molecular weight excluding hydrogens is 250 g/mol. The van der Waals surface area contributed by atoms with Crippen LogP contribution >= 0.6 is 0 Å². The number of nitrogens with two attached hydrogens (primary N) is 1. The first-order valence-electron chi connectivity index (χ1n) is 5.84. The number of nitrogen functional groups attached to an aromatic ring is 1. The van der Waals surface area contributed by atoms with Crippen LogP contribution in [0.5, 0.6) is 0 Å². The van der Waals surface area contributed by atoms with Crippen molar-refractivity contribution < 1.29 is 8.42 Å². The van der Waals surface area contributed by atoms with Gasteiger partial charge in [-0.05, 0) is 37.6 Å². The van der Waals surface area contributed by atoms with E-state index in [9.17, 15) is 8.42 Å². The van der Waals surface area contributed by atoms with Gasteiger partial charge >= 0.3 is 0 Å². The predicted molar refractivity (Wildman–Crippen MR) is 78.3 cm³/mol. The molecule has 4 N–H and O–H groups in total. The van der Waals surface area contributed by atoms with Gasteiger partial charge in [0.1, 0.15) is 0 Å². The van der Waals surface area contributed by atoms with Gasteiger partial charge in [0.25, 0.3) is 0 Å². The minimum Gasteiger partial charge on any atom is -0.399 e. The quantitative estimate of drug-likeness (QED) is 0.727. The van der Waals surface area contributed by atoms with Gasteiger partial charge < -0.3 is 11.1 Å². The summed E-state index contributed by atoms with van der Waals surface area (Å²) >= 11 is 0. The van der Waals surface area contributed by atoms with Crippen molar-refractivity contribution in [2.75, 3.05) is 30.4 Å². The lowest BCUT2D eigenvalue weighted by Crippen LogP contribution is -2.20. The van der Waals surface area contributed by atoms with Crippen LogP contribution in [0.3, 0.4) is 0 Å². The first-order valence-corrected chi connectivity index (χ1v) is 7.74. The standard InChI is InChI=1S/C9H14N2.C3H9NO2S/c1-3-11-8-4-5-9(10)7(2)6-8;1-3-4-7(2,5)6/h4-6,11H,3,10H2,1-2H3;4H,3H2,1-2H3. The molecule has 0 bridgehead atoms. The fourth-order valence-corrected chi connectivity index (χ4v) is 1.78. The Kier molecular flexibility index (Phi) is 7.38. The van der Waals surface area contributed by atoms with Gasteiger partial charge in [0.05, 0.1) is 6.26 Å². The van der Waals surface area contributed by atoms with E-state index in [4.69, 9.17) is 5.73 Å². The molecule has 0 spiro atoms. The van der Waals surface area contributed by atoms with E-state index in [1.54, 1.807) is 6.92 Å². The Morgan fingerprint density at radius 3 is 2.17 bits per heavy atom. The van der Waals surface area contributed by atoms with Gasteiger partial charge in [-0.1, -0.05) is 6.92 Å². The van der Waals surface area contributed by atoms with Gasteiger partial charge in [0.2, 0.25) is 10.0 Å². The van der Waals surface area contributed by atoms with Gasteiger partial charge in [-0.2, -0.15) is 0 Å². The Balaban J connectivity index is 0.000000360. The van der Waals surface area contributed by atoms with E-state index in [0.29, 0.717) is 6.54 Å². The van der Waals surface area contributed by atoms with Crippen LogP contribution in [0.25, 0.3) is 0 Å². The molecule has 0 atom stereocenters. The van der Waals surface area contributed by atoms with Crippen LogP contribution in [0.15, 0.2) is 18.2 Å². The summed E-state index contributed by atoms with van der Waals surface area (Å²) in [5.41, 5.74) is 8.78. The summed E-state index contributed by atoms with van der Waals surface area (Å²) in [6, 6.07) is 5.97. The smallest absolute Gasteiger partial charge is 0.208 e. The SMILES string of the molecule is CCNS(C)(=O)=O.CCNc1ccc(N)c(C)c1. The molecule has 0 aliphatic carbocycles. The highest BCUT2D eigenvalue weighted by Crippen LogP contribution is 2.15. The number of hydrogen-bond donors (Lipinski definition) is 3. The second-order valence-corrected chi connectivity index (χ2v) is 5.70. The molecule has 0 amide bonds. The summed E-state index contributed by atoms with van der Waals surface area (Å²) in [5, 5.41) is 3.22. The number of aryl methyl sites for hydroxylation is 1. The Labute approximate surface area is 110 Å². The van der Waals surface area contributed by atoms with E-state index in [1.807, 2.05) is 19.1 Å². The fraction of sp³-hybridized carbons (Fsp3) is 0.500. The van der Waals surface area contributed by atoms with Crippen molar-refractivity contribution in [3.8, 4) is 0 Å². The van der Waals surface area contributed by atoms with Crippen LogP contribution < -0.4 is 15.8 Å². The molecule has 0 radical (unpaired) electrons. The molecule has 0 aromatic heterocycles. The van der Waals surface area contributed by atoms with Crippen molar-refractivity contribution in [2.24, 2.45) is 0 Å². The van der Waals surface area contributed by atoms with E-state index in [2.05, 4.69) is 23.0 Å². The zero-order chi connectivity index (χ0) is 14.2. The van der Waals surface area contributed by atoms with E-state index in [-0.39, 0.29) is 0 Å². The lowest BCUT2D eigenvalue weighted by Gasteiger charge is -2.05. The van der Waals surface area contributed by atoms with Crippen LogP contribution in [-0.2, 0) is 10.0 Å². The second kappa shape index (κ2) is 7.94. The number of benzene rings is 1. The zero-order valence-corrected chi connectivity index (χ0v) is 12.3. The monoisotopic (exact) mass is 273 g/mol. The van der Waals surface area contributed by atoms with E-state index in [1.165, 1.54) is 0 Å². The molecule has 1 rings (SSSR count). The number of nitrogens with one attached hydrogen (secondary N) is 2. The predicted octanol–water partition coefficient (Wildman–Crippen LogP) is 1.56. The summed E-state index contributed by atoms with van der Waals surface area (Å²) in [6.45, 7) is 7.24. The van der Waals surface area contributed by atoms with Gasteiger partial charge in [-0.3, -0.25) is 0 Å². The lowest BCUT2D eigenvalue weighted by atomic mass is 10.2. The molecule has 1 aromatic carbocycles. The van der Waals surface area contributed by atoms with Crippen LogP contribution in [0.1, 0.15) is 19.4 Å². The van der Waals surface area contributed by atoms with Crippen LogP contribution in [0.4, 0.5) is 11.4 Å². The fourth-order valence-electron chi connectivity index (χ4n) is 1.25. The molecule has 0 fully saturated rings. The van der Waals surface area contributed by atoms with Gasteiger partial charge in [-0.15, -0.1) is 0 Å². The molecular formula is C12H23N3O2S. The molecule has 0 aliphatic rings. The summed E-state index contributed by atoms with van der Waals surface area (Å²) in [5.74, 6) is 0. The number of rotatable bonds is 4. The molecule has 0 saturated heterocycles. The van der Waals surface area contributed by atoms with Crippen molar-refractivity contribution in [1.82, 2.24) is 4.72 Å². The Bertz CT molecular complexity index is 458. The number of sulfonamides is 1. The zero-order valence-electron chi connectivity index (χ0n) is 11.4. The average molecular weight is 273 g/mol. The molecule has 18 heavy (non-hydrogen) atoms. The van der Waals surface area contributed by atoms with Crippen molar-refractivity contribution in [3.63, 3.8) is 0 Å². The third-order valence-electron chi connectivity index (χ3n) is 2.06. The van der Waals surface area contributed by atoms with Crippen molar-refractivity contribution in [3.05, 3.63) is 23.8 Å². The highest BCUT2D eigenvalue weighted by molar-refractivity contribution is 7.88. The van der Waals surface area contributed by atoms with E-state index >= 15 is 0 Å². The summed E-state index contributed by atoms with van der Waals surface area (Å²) in [6.07, 6.45) is 1.14. The lowest BCUT2D eigenvalue weighted by molar-refractivity contribution is 0.590. The maximum Gasteiger partial charge on any atom is 0.208 e. The Morgan fingerprint density at radius 2 is 1.83 bits per heavy atom. The molecule has 0 aliphatic heterocycles.